The van der Waals surface area contributed by atoms with Crippen molar-refractivity contribution in [2.24, 2.45) is 11.7 Å². The number of benzene rings is 1. The van der Waals surface area contributed by atoms with Crippen LogP contribution >= 0.6 is 0 Å². The SMILES string of the molecule is CCOc1ccccc1C(N)COCC1CCCCC1. The molecule has 3 heteroatoms. The van der Waals surface area contributed by atoms with Crippen LogP contribution in [0.4, 0.5) is 0 Å². The largest absolute Gasteiger partial charge is 0.494 e. The number of para-hydroxylation sites is 1. The molecule has 0 aliphatic heterocycles. The van der Waals surface area contributed by atoms with Crippen molar-refractivity contribution in [1.29, 1.82) is 0 Å². The van der Waals surface area contributed by atoms with Gasteiger partial charge in [0.25, 0.3) is 0 Å². The summed E-state index contributed by atoms with van der Waals surface area (Å²) >= 11 is 0. The molecule has 1 aromatic rings. The molecule has 0 heterocycles. The van der Waals surface area contributed by atoms with Crippen molar-refractivity contribution < 1.29 is 9.47 Å². The average Bonchev–Trinajstić information content (AvgIpc) is 2.49. The van der Waals surface area contributed by atoms with E-state index in [1.807, 2.05) is 31.2 Å². The predicted molar refractivity (Wildman–Crippen MR) is 81.9 cm³/mol. The van der Waals surface area contributed by atoms with Crippen molar-refractivity contribution in [1.82, 2.24) is 0 Å². The second-order valence-corrected chi connectivity index (χ2v) is 5.62. The van der Waals surface area contributed by atoms with Crippen LogP contribution in [-0.4, -0.2) is 19.8 Å². The van der Waals surface area contributed by atoms with E-state index in [1.165, 1.54) is 32.1 Å². The first-order chi connectivity index (χ1) is 9.81. The van der Waals surface area contributed by atoms with E-state index in [-0.39, 0.29) is 6.04 Å². The maximum atomic E-state index is 6.24. The van der Waals surface area contributed by atoms with Crippen LogP contribution in [0.1, 0.15) is 50.6 Å². The Hall–Kier alpha value is -1.06. The monoisotopic (exact) mass is 277 g/mol. The second kappa shape index (κ2) is 8.28. The van der Waals surface area contributed by atoms with Gasteiger partial charge in [-0.25, -0.2) is 0 Å². The molecule has 0 radical (unpaired) electrons. The summed E-state index contributed by atoms with van der Waals surface area (Å²) in [5, 5.41) is 0. The van der Waals surface area contributed by atoms with Gasteiger partial charge in [-0.15, -0.1) is 0 Å². The van der Waals surface area contributed by atoms with E-state index in [9.17, 15) is 0 Å². The molecule has 0 amide bonds. The zero-order chi connectivity index (χ0) is 14.2. The molecule has 20 heavy (non-hydrogen) atoms. The van der Waals surface area contributed by atoms with E-state index in [1.54, 1.807) is 0 Å². The third-order valence-corrected chi connectivity index (χ3v) is 3.99. The minimum absolute atomic E-state index is 0.110. The lowest BCUT2D eigenvalue weighted by atomic mass is 9.90. The van der Waals surface area contributed by atoms with Crippen molar-refractivity contribution in [3.63, 3.8) is 0 Å². The van der Waals surface area contributed by atoms with Crippen LogP contribution in [-0.2, 0) is 4.74 Å². The molecular formula is C17H27NO2. The van der Waals surface area contributed by atoms with Gasteiger partial charge in [-0.1, -0.05) is 37.5 Å². The maximum Gasteiger partial charge on any atom is 0.124 e. The van der Waals surface area contributed by atoms with Crippen molar-refractivity contribution in [3.8, 4) is 5.75 Å². The van der Waals surface area contributed by atoms with E-state index in [0.717, 1.165) is 23.8 Å². The van der Waals surface area contributed by atoms with Crippen molar-refractivity contribution in [2.75, 3.05) is 19.8 Å². The third-order valence-electron chi connectivity index (χ3n) is 3.99. The third kappa shape index (κ3) is 4.50. The Morgan fingerprint density at radius 1 is 1.20 bits per heavy atom. The Morgan fingerprint density at radius 2 is 1.95 bits per heavy atom. The Kier molecular flexibility index (Phi) is 6.34. The van der Waals surface area contributed by atoms with Crippen LogP contribution < -0.4 is 10.5 Å². The first kappa shape index (κ1) is 15.3. The molecule has 3 nitrogen and oxygen atoms in total. The molecule has 1 atom stereocenters. The minimum Gasteiger partial charge on any atom is -0.494 e. The number of hydrogen-bond donors (Lipinski definition) is 1. The molecule has 2 N–H and O–H groups in total. The van der Waals surface area contributed by atoms with Crippen molar-refractivity contribution >= 4 is 0 Å². The average molecular weight is 277 g/mol. The van der Waals surface area contributed by atoms with Gasteiger partial charge in [0.05, 0.1) is 19.3 Å². The van der Waals surface area contributed by atoms with Crippen LogP contribution in [0.2, 0.25) is 0 Å². The summed E-state index contributed by atoms with van der Waals surface area (Å²) in [6, 6.07) is 7.86. The summed E-state index contributed by atoms with van der Waals surface area (Å²) in [7, 11) is 0. The van der Waals surface area contributed by atoms with Crippen molar-refractivity contribution in [2.45, 2.75) is 45.1 Å². The first-order valence-electron chi connectivity index (χ1n) is 7.86. The van der Waals surface area contributed by atoms with Gasteiger partial charge in [-0.05, 0) is 31.7 Å². The quantitative estimate of drug-likeness (QED) is 0.827. The molecule has 0 spiro atoms. The zero-order valence-corrected chi connectivity index (χ0v) is 12.5. The van der Waals surface area contributed by atoms with Crippen LogP contribution in [0.3, 0.4) is 0 Å². The molecule has 0 bridgehead atoms. The molecule has 112 valence electrons. The highest BCUT2D eigenvalue weighted by Crippen LogP contribution is 2.26. The topological polar surface area (TPSA) is 44.5 Å². The molecular weight excluding hydrogens is 250 g/mol. The highest BCUT2D eigenvalue weighted by atomic mass is 16.5. The standard InChI is InChI=1S/C17H27NO2/c1-2-20-17-11-7-6-10-15(17)16(18)13-19-12-14-8-4-3-5-9-14/h6-7,10-11,14,16H,2-5,8-9,12-13,18H2,1H3. The lowest BCUT2D eigenvalue weighted by molar-refractivity contribution is 0.0754. The van der Waals surface area contributed by atoms with Gasteiger partial charge in [0.1, 0.15) is 5.75 Å². The van der Waals surface area contributed by atoms with Gasteiger partial charge in [0, 0.05) is 12.2 Å². The molecule has 1 aliphatic carbocycles. The smallest absolute Gasteiger partial charge is 0.124 e. The Bertz CT molecular complexity index is 388. The molecule has 1 aromatic carbocycles. The molecule has 0 aromatic heterocycles. The lowest BCUT2D eigenvalue weighted by Gasteiger charge is -2.22. The van der Waals surface area contributed by atoms with Gasteiger partial charge in [-0.3, -0.25) is 0 Å². The minimum atomic E-state index is -0.110. The fraction of sp³-hybridized carbons (Fsp3) is 0.647. The predicted octanol–water partition coefficient (Wildman–Crippen LogP) is 3.68. The second-order valence-electron chi connectivity index (χ2n) is 5.62. The lowest BCUT2D eigenvalue weighted by Crippen LogP contribution is -2.21. The highest BCUT2D eigenvalue weighted by Gasteiger charge is 2.16. The molecule has 0 saturated heterocycles. The fourth-order valence-electron chi connectivity index (χ4n) is 2.88. The summed E-state index contributed by atoms with van der Waals surface area (Å²) in [5.74, 6) is 1.61. The molecule has 1 saturated carbocycles. The summed E-state index contributed by atoms with van der Waals surface area (Å²) in [5.41, 5.74) is 7.28. The molecule has 1 unspecified atom stereocenters. The summed E-state index contributed by atoms with van der Waals surface area (Å²) < 4.78 is 11.5. The van der Waals surface area contributed by atoms with Gasteiger partial charge in [-0.2, -0.15) is 0 Å². The maximum absolute atomic E-state index is 6.24. The Balaban J connectivity index is 1.80. The zero-order valence-electron chi connectivity index (χ0n) is 12.5. The summed E-state index contributed by atoms with van der Waals surface area (Å²) in [6.45, 7) is 4.07. The summed E-state index contributed by atoms with van der Waals surface area (Å²) in [4.78, 5) is 0. The van der Waals surface area contributed by atoms with E-state index < -0.39 is 0 Å². The molecule has 1 aliphatic rings. The van der Waals surface area contributed by atoms with Crippen LogP contribution in [0.25, 0.3) is 0 Å². The number of hydrogen-bond acceptors (Lipinski definition) is 3. The van der Waals surface area contributed by atoms with Gasteiger partial charge in [0.2, 0.25) is 0 Å². The van der Waals surface area contributed by atoms with E-state index >= 15 is 0 Å². The first-order valence-corrected chi connectivity index (χ1v) is 7.86. The van der Waals surface area contributed by atoms with Gasteiger partial charge >= 0.3 is 0 Å². The van der Waals surface area contributed by atoms with Gasteiger partial charge in [0.15, 0.2) is 0 Å². The number of ether oxygens (including phenoxy) is 2. The van der Waals surface area contributed by atoms with Crippen LogP contribution in [0.15, 0.2) is 24.3 Å². The fourth-order valence-corrected chi connectivity index (χ4v) is 2.88. The van der Waals surface area contributed by atoms with E-state index in [4.69, 9.17) is 15.2 Å². The Labute approximate surface area is 122 Å². The number of rotatable bonds is 7. The van der Waals surface area contributed by atoms with Crippen LogP contribution in [0, 0.1) is 5.92 Å². The van der Waals surface area contributed by atoms with Gasteiger partial charge < -0.3 is 15.2 Å². The highest BCUT2D eigenvalue weighted by molar-refractivity contribution is 5.35. The van der Waals surface area contributed by atoms with E-state index in [0.29, 0.717) is 13.2 Å². The molecule has 2 rings (SSSR count). The normalized spacial score (nSPS) is 17.9. The van der Waals surface area contributed by atoms with Crippen molar-refractivity contribution in [3.05, 3.63) is 29.8 Å². The van der Waals surface area contributed by atoms with Crippen LogP contribution in [0.5, 0.6) is 5.75 Å². The molecule has 1 fully saturated rings. The number of nitrogens with two attached hydrogens (primary N) is 1. The summed E-state index contributed by atoms with van der Waals surface area (Å²) in [6.07, 6.45) is 6.72. The Morgan fingerprint density at radius 3 is 2.70 bits per heavy atom. The van der Waals surface area contributed by atoms with E-state index in [2.05, 4.69) is 0 Å².